The number of hydrogen-bond donors (Lipinski definition) is 4. The zero-order valence-electron chi connectivity index (χ0n) is 10.5. The summed E-state index contributed by atoms with van der Waals surface area (Å²) in [7, 11) is -2.27. The zero-order valence-corrected chi connectivity index (χ0v) is 10.5. The van der Waals surface area contributed by atoms with E-state index in [4.69, 9.17) is 20.9 Å². The molecule has 0 radical (unpaired) electrons. The molecular weight excluding hydrogens is 278 g/mol. The van der Waals surface area contributed by atoms with Gasteiger partial charge in [0.25, 0.3) is 0 Å². The second-order valence-corrected chi connectivity index (χ2v) is 4.69. The number of rotatable bonds is 4. The molecule has 0 spiro atoms. The van der Waals surface area contributed by atoms with Crippen LogP contribution < -0.4 is 11.2 Å². The Bertz CT molecular complexity index is 517. The molecule has 0 aliphatic rings. The Morgan fingerprint density at radius 3 is 2.30 bits per heavy atom. The average molecular weight is 291 g/mol. The van der Waals surface area contributed by atoms with Crippen LogP contribution in [0.1, 0.15) is 18.1 Å². The van der Waals surface area contributed by atoms with Crippen molar-refractivity contribution in [1.29, 1.82) is 0 Å². The molecule has 0 amide bonds. The second kappa shape index (κ2) is 5.43. The third-order valence-electron chi connectivity index (χ3n) is 2.76. The van der Waals surface area contributed by atoms with Gasteiger partial charge in [0.2, 0.25) is 0 Å². The molecule has 5 nitrogen and oxygen atoms in total. The van der Waals surface area contributed by atoms with Gasteiger partial charge in [0, 0.05) is 6.42 Å². The molecule has 0 saturated heterocycles. The Morgan fingerprint density at radius 2 is 1.90 bits per heavy atom. The number of carboxylic acid groups (broad SMARTS) is 1. The van der Waals surface area contributed by atoms with Gasteiger partial charge in [-0.1, -0.05) is 12.1 Å². The lowest BCUT2D eigenvalue weighted by Crippen LogP contribution is -2.47. The smallest absolute Gasteiger partial charge is 0.480 e. The Kier molecular flexibility index (Phi) is 4.47. The van der Waals surface area contributed by atoms with Crippen molar-refractivity contribution in [2.45, 2.75) is 25.1 Å². The maximum absolute atomic E-state index is 12.8. The fourth-order valence-electron chi connectivity index (χ4n) is 1.68. The molecule has 0 bridgehead atoms. The minimum absolute atomic E-state index is 0.0362. The molecule has 20 heavy (non-hydrogen) atoms. The van der Waals surface area contributed by atoms with Crippen LogP contribution in [0.5, 0.6) is 0 Å². The van der Waals surface area contributed by atoms with E-state index in [-0.39, 0.29) is 12.0 Å². The van der Waals surface area contributed by atoms with E-state index in [1.165, 1.54) is 13.0 Å². The van der Waals surface area contributed by atoms with E-state index < -0.39 is 35.8 Å². The summed E-state index contributed by atoms with van der Waals surface area (Å²) in [5.41, 5.74) is 1.86. The van der Waals surface area contributed by atoms with Gasteiger partial charge >= 0.3 is 19.3 Å². The molecule has 0 fully saturated rings. The number of halogens is 3. The Morgan fingerprint density at radius 1 is 1.35 bits per heavy atom. The number of carbonyl (C=O) groups is 1. The van der Waals surface area contributed by atoms with Gasteiger partial charge in [-0.25, -0.2) is 0 Å². The third-order valence-corrected chi connectivity index (χ3v) is 2.76. The highest BCUT2D eigenvalue weighted by molar-refractivity contribution is 6.59. The van der Waals surface area contributed by atoms with Gasteiger partial charge in [0.1, 0.15) is 5.54 Å². The molecule has 1 rings (SSSR count). The monoisotopic (exact) mass is 291 g/mol. The van der Waals surface area contributed by atoms with Crippen molar-refractivity contribution in [3.05, 3.63) is 29.3 Å². The SMILES string of the molecule is C[C@@](N)(Cc1ccc(B(O)O)c(C(F)(F)F)c1)C(=O)O. The number of aliphatic carboxylic acids is 1. The second-order valence-electron chi connectivity index (χ2n) is 4.69. The minimum atomic E-state index is -4.79. The lowest BCUT2D eigenvalue weighted by atomic mass is 9.75. The third kappa shape index (κ3) is 3.72. The maximum atomic E-state index is 12.8. The Labute approximate surface area is 113 Å². The molecule has 1 atom stereocenters. The highest BCUT2D eigenvalue weighted by atomic mass is 19.4. The van der Waals surface area contributed by atoms with E-state index in [1.54, 1.807) is 0 Å². The van der Waals surface area contributed by atoms with Crippen LogP contribution >= 0.6 is 0 Å². The predicted molar refractivity (Wildman–Crippen MR) is 65.2 cm³/mol. The summed E-state index contributed by atoms with van der Waals surface area (Å²) in [6, 6.07) is 2.74. The Balaban J connectivity index is 3.24. The first-order valence-corrected chi connectivity index (χ1v) is 5.53. The summed E-state index contributed by atoms with van der Waals surface area (Å²) in [5, 5.41) is 26.7. The van der Waals surface area contributed by atoms with Crippen LogP contribution in [0.15, 0.2) is 18.2 Å². The van der Waals surface area contributed by atoms with Gasteiger partial charge in [-0.3, -0.25) is 4.79 Å². The summed E-state index contributed by atoms with van der Waals surface area (Å²) < 4.78 is 38.4. The van der Waals surface area contributed by atoms with Crippen LogP contribution in [0.3, 0.4) is 0 Å². The van der Waals surface area contributed by atoms with Crippen LogP contribution in [0.25, 0.3) is 0 Å². The number of nitrogens with two attached hydrogens (primary N) is 1. The van der Waals surface area contributed by atoms with Crippen LogP contribution in [0.4, 0.5) is 13.2 Å². The quantitative estimate of drug-likeness (QED) is 0.572. The molecule has 5 N–H and O–H groups in total. The lowest BCUT2D eigenvalue weighted by molar-refractivity contribution is -0.142. The lowest BCUT2D eigenvalue weighted by Gasteiger charge is -2.20. The molecule has 0 heterocycles. The van der Waals surface area contributed by atoms with Gasteiger partial charge in [0.05, 0.1) is 5.56 Å². The van der Waals surface area contributed by atoms with Crippen molar-refractivity contribution in [1.82, 2.24) is 0 Å². The Hall–Kier alpha value is -1.58. The molecule has 0 unspecified atom stereocenters. The summed E-state index contributed by atoms with van der Waals surface area (Å²) in [4.78, 5) is 10.9. The van der Waals surface area contributed by atoms with E-state index in [2.05, 4.69) is 0 Å². The van der Waals surface area contributed by atoms with E-state index in [1.807, 2.05) is 0 Å². The first kappa shape index (κ1) is 16.5. The van der Waals surface area contributed by atoms with Crippen LogP contribution in [0.2, 0.25) is 0 Å². The van der Waals surface area contributed by atoms with Crippen molar-refractivity contribution < 1.29 is 33.1 Å². The van der Waals surface area contributed by atoms with Gasteiger partial charge in [-0.15, -0.1) is 0 Å². The highest BCUT2D eigenvalue weighted by Gasteiger charge is 2.37. The fraction of sp³-hybridized carbons (Fsp3) is 0.364. The van der Waals surface area contributed by atoms with Gasteiger partial charge in [0.15, 0.2) is 0 Å². The summed E-state index contributed by atoms with van der Waals surface area (Å²) in [5.74, 6) is -1.35. The fourth-order valence-corrected chi connectivity index (χ4v) is 1.68. The predicted octanol–water partition coefficient (Wildman–Crippen LogP) is -0.270. The van der Waals surface area contributed by atoms with Crippen molar-refractivity contribution >= 4 is 18.6 Å². The van der Waals surface area contributed by atoms with Crippen LogP contribution in [0, 0.1) is 0 Å². The molecule has 0 aliphatic carbocycles. The summed E-state index contributed by atoms with van der Waals surface area (Å²) in [6.45, 7) is 1.18. The van der Waals surface area contributed by atoms with E-state index in [9.17, 15) is 18.0 Å². The van der Waals surface area contributed by atoms with Gasteiger partial charge in [-0.05, 0) is 24.0 Å². The van der Waals surface area contributed by atoms with E-state index >= 15 is 0 Å². The first-order valence-electron chi connectivity index (χ1n) is 5.53. The van der Waals surface area contributed by atoms with Crippen LogP contribution in [-0.2, 0) is 17.4 Å². The largest absolute Gasteiger partial charge is 0.489 e. The number of alkyl halides is 3. The normalized spacial score (nSPS) is 14.8. The number of benzene rings is 1. The van der Waals surface area contributed by atoms with E-state index in [0.717, 1.165) is 6.07 Å². The molecule has 9 heteroatoms. The molecule has 110 valence electrons. The maximum Gasteiger partial charge on any atom is 0.489 e. The minimum Gasteiger partial charge on any atom is -0.480 e. The van der Waals surface area contributed by atoms with Crippen molar-refractivity contribution in [3.63, 3.8) is 0 Å². The average Bonchev–Trinajstić information content (AvgIpc) is 2.26. The molecular formula is C11H13BF3NO4. The number of hydrogen-bond acceptors (Lipinski definition) is 4. The molecule has 0 aromatic heterocycles. The van der Waals surface area contributed by atoms with Crippen LogP contribution in [-0.4, -0.2) is 33.8 Å². The first-order chi connectivity index (χ1) is 8.95. The highest BCUT2D eigenvalue weighted by Crippen LogP contribution is 2.29. The standard InChI is InChI=1S/C11H13BF3NO4/c1-10(16,9(17)18)5-6-2-3-8(12(19)20)7(4-6)11(13,14)15/h2-4,19-20H,5,16H2,1H3,(H,17,18)/t10-/m1/s1. The number of carboxylic acids is 1. The molecule has 0 saturated carbocycles. The molecule has 0 aliphatic heterocycles. The van der Waals surface area contributed by atoms with Gasteiger partial charge < -0.3 is 20.9 Å². The van der Waals surface area contributed by atoms with Crippen molar-refractivity contribution in [2.24, 2.45) is 5.73 Å². The van der Waals surface area contributed by atoms with Gasteiger partial charge in [-0.2, -0.15) is 13.2 Å². The molecule has 1 aromatic rings. The van der Waals surface area contributed by atoms with E-state index in [0.29, 0.717) is 6.07 Å². The topological polar surface area (TPSA) is 104 Å². The summed E-state index contributed by atoms with van der Waals surface area (Å²) >= 11 is 0. The summed E-state index contributed by atoms with van der Waals surface area (Å²) in [6.07, 6.45) is -5.11. The van der Waals surface area contributed by atoms with Crippen molar-refractivity contribution in [3.8, 4) is 0 Å². The molecule has 1 aromatic carbocycles. The van der Waals surface area contributed by atoms with Crippen molar-refractivity contribution in [2.75, 3.05) is 0 Å². The zero-order chi connectivity index (χ0) is 15.7.